The molecule has 0 amide bonds. The monoisotopic (exact) mass is 503 g/mol. The molecule has 3 rings (SSSR count). The van der Waals surface area contributed by atoms with Crippen molar-refractivity contribution in [1.29, 1.82) is 0 Å². The van der Waals surface area contributed by atoms with Gasteiger partial charge >= 0.3 is 12.5 Å². The first kappa shape index (κ1) is 25.3. The number of aromatic nitrogens is 3. The van der Waals surface area contributed by atoms with Crippen LogP contribution in [0.5, 0.6) is 5.75 Å². The van der Waals surface area contributed by atoms with Crippen LogP contribution in [-0.4, -0.2) is 32.8 Å². The summed E-state index contributed by atoms with van der Waals surface area (Å²) in [5.74, 6) is 0.492. The summed E-state index contributed by atoms with van der Waals surface area (Å²) in [6.45, 7) is 1.90. The predicted molar refractivity (Wildman–Crippen MR) is 118 cm³/mol. The smallest absolute Gasteiger partial charge is 0.406 e. The Kier molecular flexibility index (Phi) is 7.05. The lowest BCUT2D eigenvalue weighted by Crippen LogP contribution is -2.19. The number of alkyl halides is 6. The minimum absolute atomic E-state index is 0.0271. The lowest BCUT2D eigenvalue weighted by molar-refractivity contribution is -0.274. The normalized spacial score (nSPS) is 12.8. The summed E-state index contributed by atoms with van der Waals surface area (Å²) in [6, 6.07) is 7.05. The Morgan fingerprint density at radius 3 is 2.32 bits per heavy atom. The number of hydrogen-bond donors (Lipinski definition) is 2. The molecule has 182 valence electrons. The largest absolute Gasteiger partial charge is 0.573 e. The van der Waals surface area contributed by atoms with E-state index >= 15 is 0 Å². The van der Waals surface area contributed by atoms with Crippen LogP contribution in [0.15, 0.2) is 47.1 Å². The molecule has 13 heteroatoms. The minimum atomic E-state index is -4.79. The van der Waals surface area contributed by atoms with Crippen molar-refractivity contribution in [2.75, 3.05) is 11.5 Å². The first-order chi connectivity index (χ1) is 15.8. The molecule has 0 bridgehead atoms. The highest BCUT2D eigenvalue weighted by Crippen LogP contribution is 2.35. The van der Waals surface area contributed by atoms with Crippen molar-refractivity contribution in [2.45, 2.75) is 24.4 Å². The van der Waals surface area contributed by atoms with Crippen molar-refractivity contribution >= 4 is 23.7 Å². The molecule has 3 aromatic rings. The van der Waals surface area contributed by atoms with Crippen LogP contribution in [0.1, 0.15) is 12.6 Å². The lowest BCUT2D eigenvalue weighted by atomic mass is 10.1. The third-order valence-electron chi connectivity index (χ3n) is 4.57. The van der Waals surface area contributed by atoms with Crippen molar-refractivity contribution in [3.05, 3.63) is 47.9 Å². The summed E-state index contributed by atoms with van der Waals surface area (Å²) >= 11 is 1.41. The summed E-state index contributed by atoms with van der Waals surface area (Å²) in [4.78, 5) is 9.29. The number of benzene rings is 1. The number of allylic oxidation sites excluding steroid dienone is 1. The SMILES string of the molecule is CCSc1cc(-c2ccc(OC(F)(F)F)cc2)cnc1-c1nc(/C=C(\N)C(F)(F)F)c(N)n1C. The van der Waals surface area contributed by atoms with Gasteiger partial charge in [-0.15, -0.1) is 24.9 Å². The lowest BCUT2D eigenvalue weighted by Gasteiger charge is -2.12. The summed E-state index contributed by atoms with van der Waals surface area (Å²) in [5, 5.41) is 0. The van der Waals surface area contributed by atoms with Gasteiger partial charge in [0, 0.05) is 23.7 Å². The predicted octanol–water partition coefficient (Wildman–Crippen LogP) is 5.60. The van der Waals surface area contributed by atoms with Crippen molar-refractivity contribution in [2.24, 2.45) is 12.8 Å². The zero-order valence-corrected chi connectivity index (χ0v) is 18.6. The molecule has 0 fully saturated rings. The topological polar surface area (TPSA) is 92.0 Å². The number of rotatable bonds is 6. The van der Waals surface area contributed by atoms with E-state index in [9.17, 15) is 26.3 Å². The Morgan fingerprint density at radius 1 is 1.12 bits per heavy atom. The maximum atomic E-state index is 12.8. The van der Waals surface area contributed by atoms with Crippen molar-refractivity contribution in [3.63, 3.8) is 0 Å². The number of pyridine rings is 1. The van der Waals surface area contributed by atoms with Crippen molar-refractivity contribution in [3.8, 4) is 28.4 Å². The fourth-order valence-electron chi connectivity index (χ4n) is 2.96. The molecular weight excluding hydrogens is 484 g/mol. The molecule has 6 nitrogen and oxygen atoms in total. The fourth-order valence-corrected chi connectivity index (χ4v) is 3.77. The average molecular weight is 503 g/mol. The van der Waals surface area contributed by atoms with E-state index in [0.717, 1.165) is 0 Å². The van der Waals surface area contributed by atoms with Gasteiger partial charge in [-0.05, 0) is 35.6 Å². The number of halogens is 6. The third kappa shape index (κ3) is 5.76. The first-order valence-electron chi connectivity index (χ1n) is 9.66. The number of ether oxygens (including phenoxy) is 1. The molecule has 1 aromatic carbocycles. The molecule has 0 saturated heterocycles. The molecule has 0 saturated carbocycles. The maximum Gasteiger partial charge on any atom is 0.573 e. The number of imidazole rings is 1. The Hall–Kier alpha value is -3.35. The minimum Gasteiger partial charge on any atom is -0.406 e. The summed E-state index contributed by atoms with van der Waals surface area (Å²) in [6.07, 6.45) is -7.38. The van der Waals surface area contributed by atoms with Gasteiger partial charge in [0.25, 0.3) is 0 Å². The summed E-state index contributed by atoms with van der Waals surface area (Å²) in [5.41, 5.74) is 11.1. The van der Waals surface area contributed by atoms with E-state index in [2.05, 4.69) is 14.7 Å². The fraction of sp³-hybridized carbons (Fsp3) is 0.238. The van der Waals surface area contributed by atoms with Crippen LogP contribution in [0.2, 0.25) is 0 Å². The number of nitrogens with zero attached hydrogens (tertiary/aromatic N) is 3. The van der Waals surface area contributed by atoms with Crippen LogP contribution in [0.25, 0.3) is 28.7 Å². The van der Waals surface area contributed by atoms with Gasteiger partial charge in [0.1, 0.15) is 28.7 Å². The molecule has 0 aliphatic heterocycles. The maximum absolute atomic E-state index is 12.8. The van der Waals surface area contributed by atoms with Gasteiger partial charge in [0.15, 0.2) is 5.82 Å². The first-order valence-corrected chi connectivity index (χ1v) is 10.6. The van der Waals surface area contributed by atoms with Gasteiger partial charge in [-0.3, -0.25) is 4.98 Å². The molecular formula is C21H19F6N5OS. The molecule has 4 N–H and O–H groups in total. The molecule has 0 aliphatic rings. The Bertz CT molecular complexity index is 1200. The molecule has 0 aliphatic carbocycles. The van der Waals surface area contributed by atoms with E-state index in [4.69, 9.17) is 11.5 Å². The zero-order chi connectivity index (χ0) is 25.3. The Morgan fingerprint density at radius 2 is 1.76 bits per heavy atom. The van der Waals surface area contributed by atoms with Crippen LogP contribution >= 0.6 is 11.8 Å². The third-order valence-corrected chi connectivity index (χ3v) is 5.48. The molecule has 2 heterocycles. The molecule has 0 radical (unpaired) electrons. The number of nitrogen functional groups attached to an aromatic ring is 1. The quantitative estimate of drug-likeness (QED) is 0.336. The highest BCUT2D eigenvalue weighted by molar-refractivity contribution is 7.99. The summed E-state index contributed by atoms with van der Waals surface area (Å²) < 4.78 is 80.9. The Labute approximate surface area is 194 Å². The highest BCUT2D eigenvalue weighted by atomic mass is 32.2. The standard InChI is InChI=1S/C21H19F6N5OS/c1-3-34-15-8-12(11-4-6-13(7-5-11)33-21(25,26)27)10-30-17(15)19-31-14(18(29)32(19)2)9-16(28)20(22,23)24/h4-10H,3,28-29H2,1-2H3/b16-9-. The molecule has 0 atom stereocenters. The second-order valence-electron chi connectivity index (χ2n) is 6.94. The molecule has 34 heavy (non-hydrogen) atoms. The van der Waals surface area contributed by atoms with Crippen LogP contribution in [0.3, 0.4) is 0 Å². The molecule has 0 spiro atoms. The zero-order valence-electron chi connectivity index (χ0n) is 17.8. The number of thioether (sulfide) groups is 1. The van der Waals surface area contributed by atoms with Crippen molar-refractivity contribution in [1.82, 2.24) is 14.5 Å². The Balaban J connectivity index is 2.01. The van der Waals surface area contributed by atoms with E-state index in [-0.39, 0.29) is 23.1 Å². The van der Waals surface area contributed by atoms with Gasteiger partial charge < -0.3 is 20.8 Å². The van der Waals surface area contributed by atoms with E-state index in [1.807, 2.05) is 6.92 Å². The van der Waals surface area contributed by atoms with Gasteiger partial charge in [-0.25, -0.2) is 4.98 Å². The van der Waals surface area contributed by atoms with Gasteiger partial charge in [-0.1, -0.05) is 19.1 Å². The second-order valence-corrected chi connectivity index (χ2v) is 8.24. The number of hydrogen-bond acceptors (Lipinski definition) is 6. The highest BCUT2D eigenvalue weighted by Gasteiger charge is 2.32. The molecule has 2 aromatic heterocycles. The number of nitrogens with two attached hydrogens (primary N) is 2. The number of anilines is 1. The van der Waals surface area contributed by atoms with Gasteiger partial charge in [0.05, 0.1) is 0 Å². The van der Waals surface area contributed by atoms with Crippen LogP contribution < -0.4 is 16.2 Å². The van der Waals surface area contributed by atoms with Gasteiger partial charge in [-0.2, -0.15) is 13.2 Å². The van der Waals surface area contributed by atoms with E-state index in [0.29, 0.717) is 33.5 Å². The van der Waals surface area contributed by atoms with Gasteiger partial charge in [0.2, 0.25) is 0 Å². The van der Waals surface area contributed by atoms with Crippen LogP contribution in [-0.2, 0) is 7.05 Å². The second kappa shape index (κ2) is 9.49. The van der Waals surface area contributed by atoms with E-state index < -0.39 is 18.2 Å². The van der Waals surface area contributed by atoms with Crippen LogP contribution in [0.4, 0.5) is 32.2 Å². The average Bonchev–Trinajstić information content (AvgIpc) is 3.01. The van der Waals surface area contributed by atoms with Crippen LogP contribution in [0, 0.1) is 0 Å². The summed E-state index contributed by atoms with van der Waals surface area (Å²) in [7, 11) is 1.54. The van der Waals surface area contributed by atoms with Crippen molar-refractivity contribution < 1.29 is 31.1 Å². The molecule has 0 unspecified atom stereocenters. The van der Waals surface area contributed by atoms with E-state index in [1.165, 1.54) is 53.8 Å². The van der Waals surface area contributed by atoms with E-state index in [1.54, 1.807) is 6.07 Å².